The van der Waals surface area contributed by atoms with Crippen molar-refractivity contribution in [1.29, 1.82) is 0 Å². The van der Waals surface area contributed by atoms with Gasteiger partial charge in [-0.15, -0.1) is 0 Å². The first-order valence-corrected chi connectivity index (χ1v) is 5.50. The molecule has 84 valence electrons. The van der Waals surface area contributed by atoms with E-state index in [2.05, 4.69) is 0 Å². The molecule has 2 heteroatoms. The Hall–Kier alpha value is -1.57. The quantitative estimate of drug-likeness (QED) is 0.668. The minimum Gasteiger partial charge on any atom is -0.350 e. The van der Waals surface area contributed by atoms with Crippen LogP contribution in [0.4, 0.5) is 0 Å². The number of Topliss-reactive ketones (excluding diaryl/α,β-unsaturated/α-hetero) is 1. The van der Waals surface area contributed by atoms with Gasteiger partial charge in [-0.25, -0.2) is 0 Å². The molecule has 0 amide bonds. The van der Waals surface area contributed by atoms with E-state index in [0.29, 0.717) is 0 Å². The smallest absolute Gasteiger partial charge is 0.170 e. The second-order valence-electron chi connectivity index (χ2n) is 5.25. The third kappa shape index (κ3) is 1.64. The van der Waals surface area contributed by atoms with Crippen LogP contribution in [0.15, 0.2) is 30.5 Å². The number of para-hydroxylation sites is 1. The lowest BCUT2D eigenvalue weighted by atomic mass is 9.86. The minimum atomic E-state index is -0.329. The van der Waals surface area contributed by atoms with E-state index >= 15 is 0 Å². The molecule has 0 aliphatic heterocycles. The summed E-state index contributed by atoms with van der Waals surface area (Å²) in [6.45, 7) is 5.87. The Morgan fingerprint density at radius 2 is 1.81 bits per heavy atom. The van der Waals surface area contributed by atoms with Gasteiger partial charge in [-0.2, -0.15) is 0 Å². The van der Waals surface area contributed by atoms with Crippen molar-refractivity contribution in [2.75, 3.05) is 0 Å². The van der Waals surface area contributed by atoms with E-state index in [1.54, 1.807) is 0 Å². The van der Waals surface area contributed by atoms with Crippen LogP contribution >= 0.6 is 0 Å². The van der Waals surface area contributed by atoms with E-state index in [9.17, 15) is 4.79 Å². The Bertz CT molecular complexity index is 543. The van der Waals surface area contributed by atoms with Crippen LogP contribution in [-0.4, -0.2) is 10.4 Å². The first kappa shape index (κ1) is 10.9. The molecule has 1 aromatic heterocycles. The molecule has 0 N–H and O–H groups in total. The molecule has 0 aliphatic carbocycles. The van der Waals surface area contributed by atoms with Crippen LogP contribution in [0.1, 0.15) is 31.1 Å². The first-order valence-electron chi connectivity index (χ1n) is 5.50. The van der Waals surface area contributed by atoms with Crippen molar-refractivity contribution in [3.05, 3.63) is 36.0 Å². The van der Waals surface area contributed by atoms with E-state index in [1.165, 1.54) is 0 Å². The summed E-state index contributed by atoms with van der Waals surface area (Å²) in [6.07, 6.45) is 1.93. The Balaban J connectivity index is 2.67. The summed E-state index contributed by atoms with van der Waals surface area (Å²) in [5.41, 5.74) is 1.60. The third-order valence-electron chi connectivity index (χ3n) is 2.82. The van der Waals surface area contributed by atoms with Gasteiger partial charge in [0.1, 0.15) is 0 Å². The highest BCUT2D eigenvalue weighted by Gasteiger charge is 2.25. The molecule has 2 aromatic rings. The summed E-state index contributed by atoms with van der Waals surface area (Å²) in [4.78, 5) is 12.3. The molecule has 0 aliphatic rings. The Morgan fingerprint density at radius 3 is 2.44 bits per heavy atom. The second kappa shape index (κ2) is 3.48. The van der Waals surface area contributed by atoms with Crippen LogP contribution in [0.3, 0.4) is 0 Å². The fraction of sp³-hybridized carbons (Fsp3) is 0.357. The zero-order valence-electron chi connectivity index (χ0n) is 10.2. The molecule has 0 unspecified atom stereocenters. The van der Waals surface area contributed by atoms with Crippen LogP contribution in [0.2, 0.25) is 0 Å². The van der Waals surface area contributed by atoms with Gasteiger partial charge in [0.2, 0.25) is 0 Å². The molecule has 0 saturated carbocycles. The Kier molecular flexibility index (Phi) is 2.38. The number of nitrogens with zero attached hydrogens (tertiary/aromatic N) is 1. The maximum Gasteiger partial charge on any atom is 0.170 e. The number of carbonyl (C=O) groups is 1. The fourth-order valence-electron chi connectivity index (χ4n) is 1.93. The lowest BCUT2D eigenvalue weighted by molar-refractivity contribution is 0.0860. The molecule has 0 radical (unpaired) electrons. The molecule has 0 saturated heterocycles. The number of benzene rings is 1. The summed E-state index contributed by atoms with van der Waals surface area (Å²) in [5, 5.41) is 1.05. The molecule has 0 bridgehead atoms. The lowest BCUT2D eigenvalue weighted by Gasteiger charge is -2.15. The van der Waals surface area contributed by atoms with E-state index in [-0.39, 0.29) is 11.2 Å². The minimum absolute atomic E-state index is 0.198. The van der Waals surface area contributed by atoms with E-state index in [4.69, 9.17) is 0 Å². The molecule has 16 heavy (non-hydrogen) atoms. The zero-order chi connectivity index (χ0) is 11.9. The second-order valence-corrected chi connectivity index (χ2v) is 5.25. The molecular formula is C14H17NO. The highest BCUT2D eigenvalue weighted by Crippen LogP contribution is 2.27. The molecule has 0 spiro atoms. The average molecular weight is 215 g/mol. The highest BCUT2D eigenvalue weighted by atomic mass is 16.1. The van der Waals surface area contributed by atoms with Crippen molar-refractivity contribution >= 4 is 16.7 Å². The highest BCUT2D eigenvalue weighted by molar-refractivity contribution is 6.10. The van der Waals surface area contributed by atoms with Crippen LogP contribution in [0.5, 0.6) is 0 Å². The molecular weight excluding hydrogens is 198 g/mol. The standard InChI is InChI=1S/C14H17NO/c1-14(2,3)13(16)11-9-15(4)12-8-6-5-7-10(11)12/h5-9H,1-4H3. The summed E-state index contributed by atoms with van der Waals surface area (Å²) in [6, 6.07) is 8.01. The SMILES string of the molecule is Cn1cc(C(=O)C(C)(C)C)c2ccccc21. The van der Waals surface area contributed by atoms with Gasteiger partial charge in [0.15, 0.2) is 5.78 Å². The number of hydrogen-bond donors (Lipinski definition) is 0. The van der Waals surface area contributed by atoms with Gasteiger partial charge in [0.25, 0.3) is 0 Å². The van der Waals surface area contributed by atoms with E-state index in [0.717, 1.165) is 16.5 Å². The molecule has 1 aromatic carbocycles. The van der Waals surface area contributed by atoms with Crippen molar-refractivity contribution in [3.63, 3.8) is 0 Å². The predicted molar refractivity (Wildman–Crippen MR) is 66.7 cm³/mol. The molecule has 1 heterocycles. The van der Waals surface area contributed by atoms with Crippen molar-refractivity contribution in [1.82, 2.24) is 4.57 Å². The van der Waals surface area contributed by atoms with Gasteiger partial charge in [-0.05, 0) is 6.07 Å². The van der Waals surface area contributed by atoms with E-state index in [1.807, 2.05) is 62.8 Å². The van der Waals surface area contributed by atoms with Crippen LogP contribution in [0.25, 0.3) is 10.9 Å². The van der Waals surface area contributed by atoms with Gasteiger partial charge in [-0.1, -0.05) is 39.0 Å². The van der Waals surface area contributed by atoms with Gasteiger partial charge in [0.05, 0.1) is 0 Å². The Morgan fingerprint density at radius 1 is 1.19 bits per heavy atom. The number of carbonyl (C=O) groups excluding carboxylic acids is 1. The van der Waals surface area contributed by atoms with Crippen LogP contribution in [-0.2, 0) is 7.05 Å². The summed E-state index contributed by atoms with van der Waals surface area (Å²) in [5.74, 6) is 0.198. The topological polar surface area (TPSA) is 22.0 Å². The van der Waals surface area contributed by atoms with Crippen LogP contribution in [0, 0.1) is 5.41 Å². The largest absolute Gasteiger partial charge is 0.350 e. The number of rotatable bonds is 1. The zero-order valence-corrected chi connectivity index (χ0v) is 10.2. The maximum atomic E-state index is 12.3. The Labute approximate surface area is 95.9 Å². The number of hydrogen-bond acceptors (Lipinski definition) is 1. The lowest BCUT2D eigenvalue weighted by Crippen LogP contribution is -2.19. The van der Waals surface area contributed by atoms with Crippen LogP contribution < -0.4 is 0 Å². The van der Waals surface area contributed by atoms with Gasteiger partial charge in [0, 0.05) is 35.1 Å². The molecule has 0 atom stereocenters. The van der Waals surface area contributed by atoms with Crippen molar-refractivity contribution in [2.45, 2.75) is 20.8 Å². The summed E-state index contributed by atoms with van der Waals surface area (Å²) in [7, 11) is 1.97. The number of fused-ring (bicyclic) bond motifs is 1. The van der Waals surface area contributed by atoms with Crippen molar-refractivity contribution in [2.24, 2.45) is 12.5 Å². The maximum absolute atomic E-state index is 12.3. The third-order valence-corrected chi connectivity index (χ3v) is 2.82. The molecule has 2 nitrogen and oxygen atoms in total. The van der Waals surface area contributed by atoms with E-state index < -0.39 is 0 Å². The monoisotopic (exact) mass is 215 g/mol. The normalized spacial score (nSPS) is 12.0. The number of aromatic nitrogens is 1. The number of ketones is 1. The van der Waals surface area contributed by atoms with Gasteiger partial charge >= 0.3 is 0 Å². The van der Waals surface area contributed by atoms with Crippen molar-refractivity contribution in [3.8, 4) is 0 Å². The molecule has 0 fully saturated rings. The average Bonchev–Trinajstić information content (AvgIpc) is 2.55. The molecule has 2 rings (SSSR count). The summed E-state index contributed by atoms with van der Waals surface area (Å²) >= 11 is 0. The van der Waals surface area contributed by atoms with Gasteiger partial charge in [-0.3, -0.25) is 4.79 Å². The van der Waals surface area contributed by atoms with Crippen molar-refractivity contribution < 1.29 is 4.79 Å². The first-order chi connectivity index (χ1) is 7.41. The predicted octanol–water partition coefficient (Wildman–Crippen LogP) is 3.41. The van der Waals surface area contributed by atoms with Gasteiger partial charge < -0.3 is 4.57 Å². The number of aryl methyl sites for hydroxylation is 1. The fourth-order valence-corrected chi connectivity index (χ4v) is 1.93. The summed E-state index contributed by atoms with van der Waals surface area (Å²) < 4.78 is 2.01.